The van der Waals surface area contributed by atoms with Gasteiger partial charge in [-0.1, -0.05) is 40.0 Å². The molecule has 2 heteroatoms. The number of rotatable bonds is 9. The fourth-order valence-corrected chi connectivity index (χ4v) is 3.98. The third-order valence-corrected chi connectivity index (χ3v) is 5.42. The summed E-state index contributed by atoms with van der Waals surface area (Å²) in [5.74, 6) is 4.52. The Labute approximate surface area is 113 Å². The van der Waals surface area contributed by atoms with Crippen molar-refractivity contribution in [3.63, 3.8) is 0 Å². The fourth-order valence-electron chi connectivity index (χ4n) is 2.57. The highest BCUT2D eigenvalue weighted by atomic mass is 32.2. The normalized spacial score (nSPS) is 20.6. The van der Waals surface area contributed by atoms with E-state index < -0.39 is 0 Å². The molecule has 1 aliphatic carbocycles. The minimum absolute atomic E-state index is 0.784. The van der Waals surface area contributed by atoms with Crippen molar-refractivity contribution < 1.29 is 0 Å². The van der Waals surface area contributed by atoms with Gasteiger partial charge in [0.2, 0.25) is 0 Å². The first kappa shape index (κ1) is 15.4. The van der Waals surface area contributed by atoms with Crippen LogP contribution in [-0.4, -0.2) is 24.1 Å². The van der Waals surface area contributed by atoms with Crippen LogP contribution in [0.4, 0.5) is 0 Å². The fraction of sp³-hybridized carbons (Fsp3) is 1.00. The lowest BCUT2D eigenvalue weighted by Crippen LogP contribution is -2.38. The molecular weight excluding hydrogens is 226 g/mol. The molecule has 0 amide bonds. The molecular formula is C15H31NS. The van der Waals surface area contributed by atoms with E-state index in [9.17, 15) is 0 Å². The Bertz CT molecular complexity index is 178. The standard InChI is InChI=1S/C15H31NS/c1-4-10-16-15(14-8-6-7-9-14)12-17-11-13(3)5-2/h13-16H,4-12H2,1-3H3. The number of hydrogen-bond acceptors (Lipinski definition) is 2. The lowest BCUT2D eigenvalue weighted by Gasteiger charge is -2.25. The zero-order valence-corrected chi connectivity index (χ0v) is 12.8. The maximum Gasteiger partial charge on any atom is 0.0186 e. The summed E-state index contributed by atoms with van der Waals surface area (Å²) in [4.78, 5) is 0. The number of hydrogen-bond donors (Lipinski definition) is 1. The van der Waals surface area contributed by atoms with Gasteiger partial charge in [-0.2, -0.15) is 11.8 Å². The number of thioether (sulfide) groups is 1. The summed E-state index contributed by atoms with van der Waals surface area (Å²) in [6.45, 7) is 8.14. The second-order valence-corrected chi connectivity index (χ2v) is 6.73. The molecule has 0 saturated heterocycles. The van der Waals surface area contributed by atoms with Crippen LogP contribution >= 0.6 is 11.8 Å². The second-order valence-electron chi connectivity index (χ2n) is 5.66. The molecule has 1 aliphatic rings. The van der Waals surface area contributed by atoms with Crippen molar-refractivity contribution in [2.75, 3.05) is 18.1 Å². The number of nitrogens with one attached hydrogen (secondary N) is 1. The summed E-state index contributed by atoms with van der Waals surface area (Å²) in [5.41, 5.74) is 0. The summed E-state index contributed by atoms with van der Waals surface area (Å²) < 4.78 is 0. The topological polar surface area (TPSA) is 12.0 Å². The van der Waals surface area contributed by atoms with Crippen LogP contribution in [0.5, 0.6) is 0 Å². The van der Waals surface area contributed by atoms with Crippen LogP contribution in [0.25, 0.3) is 0 Å². The van der Waals surface area contributed by atoms with E-state index in [0.717, 1.165) is 17.9 Å². The molecule has 0 bridgehead atoms. The minimum Gasteiger partial charge on any atom is -0.313 e. The van der Waals surface area contributed by atoms with E-state index in [0.29, 0.717) is 0 Å². The van der Waals surface area contributed by atoms with E-state index in [4.69, 9.17) is 0 Å². The predicted octanol–water partition coefficient (Wildman–Crippen LogP) is 4.32. The first-order chi connectivity index (χ1) is 8.27. The largest absolute Gasteiger partial charge is 0.313 e. The van der Waals surface area contributed by atoms with E-state index >= 15 is 0 Å². The van der Waals surface area contributed by atoms with Crippen molar-refractivity contribution in [2.45, 2.75) is 65.3 Å². The van der Waals surface area contributed by atoms with Gasteiger partial charge >= 0.3 is 0 Å². The Kier molecular flexibility index (Phi) is 8.38. The monoisotopic (exact) mass is 257 g/mol. The molecule has 0 radical (unpaired) electrons. The lowest BCUT2D eigenvalue weighted by atomic mass is 10.00. The van der Waals surface area contributed by atoms with Crippen LogP contribution in [0.2, 0.25) is 0 Å². The van der Waals surface area contributed by atoms with Crippen molar-refractivity contribution >= 4 is 11.8 Å². The summed E-state index contributed by atoms with van der Waals surface area (Å²) in [5, 5.41) is 3.78. The summed E-state index contributed by atoms with van der Waals surface area (Å²) >= 11 is 2.17. The van der Waals surface area contributed by atoms with E-state index in [2.05, 4.69) is 37.8 Å². The van der Waals surface area contributed by atoms with Gasteiger partial charge in [0.25, 0.3) is 0 Å². The van der Waals surface area contributed by atoms with Gasteiger partial charge in [-0.05, 0) is 43.4 Å². The zero-order chi connectivity index (χ0) is 12.5. The average molecular weight is 257 g/mol. The molecule has 17 heavy (non-hydrogen) atoms. The highest BCUT2D eigenvalue weighted by Gasteiger charge is 2.24. The van der Waals surface area contributed by atoms with Gasteiger partial charge in [0, 0.05) is 11.8 Å². The molecule has 1 fully saturated rings. The van der Waals surface area contributed by atoms with Gasteiger partial charge in [-0.3, -0.25) is 0 Å². The highest BCUT2D eigenvalue weighted by Crippen LogP contribution is 2.29. The zero-order valence-electron chi connectivity index (χ0n) is 12.0. The molecule has 2 atom stereocenters. The Morgan fingerprint density at radius 1 is 1.18 bits per heavy atom. The van der Waals surface area contributed by atoms with Crippen molar-refractivity contribution in [3.05, 3.63) is 0 Å². The third kappa shape index (κ3) is 6.15. The molecule has 1 nitrogen and oxygen atoms in total. The van der Waals surface area contributed by atoms with E-state index in [1.54, 1.807) is 0 Å². The van der Waals surface area contributed by atoms with Crippen LogP contribution in [0.3, 0.4) is 0 Å². The van der Waals surface area contributed by atoms with Crippen LogP contribution in [0.1, 0.15) is 59.3 Å². The van der Waals surface area contributed by atoms with Crippen LogP contribution in [0, 0.1) is 11.8 Å². The van der Waals surface area contributed by atoms with Crippen molar-refractivity contribution in [1.29, 1.82) is 0 Å². The van der Waals surface area contributed by atoms with Crippen LogP contribution in [-0.2, 0) is 0 Å². The highest BCUT2D eigenvalue weighted by molar-refractivity contribution is 7.99. The summed E-state index contributed by atoms with van der Waals surface area (Å²) in [6.07, 6.45) is 8.44. The van der Waals surface area contributed by atoms with Crippen LogP contribution in [0.15, 0.2) is 0 Å². The van der Waals surface area contributed by atoms with Gasteiger partial charge in [0.1, 0.15) is 0 Å². The third-order valence-electron chi connectivity index (χ3n) is 4.02. The molecule has 1 saturated carbocycles. The first-order valence-electron chi connectivity index (χ1n) is 7.59. The van der Waals surface area contributed by atoms with Crippen molar-refractivity contribution in [2.24, 2.45) is 11.8 Å². The molecule has 0 aromatic rings. The van der Waals surface area contributed by atoms with Gasteiger partial charge in [0.15, 0.2) is 0 Å². The molecule has 2 unspecified atom stereocenters. The second kappa shape index (κ2) is 9.27. The quantitative estimate of drug-likeness (QED) is 0.660. The van der Waals surface area contributed by atoms with Crippen molar-refractivity contribution in [3.8, 4) is 0 Å². The molecule has 1 N–H and O–H groups in total. The maximum absolute atomic E-state index is 3.78. The van der Waals surface area contributed by atoms with Gasteiger partial charge < -0.3 is 5.32 Å². The Balaban J connectivity index is 2.24. The predicted molar refractivity (Wildman–Crippen MR) is 80.8 cm³/mol. The molecule has 1 rings (SSSR count). The molecule has 0 aliphatic heterocycles. The van der Waals surface area contributed by atoms with E-state index in [-0.39, 0.29) is 0 Å². The van der Waals surface area contributed by atoms with Crippen molar-refractivity contribution in [1.82, 2.24) is 5.32 Å². The maximum atomic E-state index is 3.78. The molecule has 0 aromatic carbocycles. The lowest BCUT2D eigenvalue weighted by molar-refractivity contribution is 0.387. The Morgan fingerprint density at radius 3 is 2.47 bits per heavy atom. The van der Waals surface area contributed by atoms with Gasteiger partial charge in [-0.25, -0.2) is 0 Å². The molecule has 0 spiro atoms. The van der Waals surface area contributed by atoms with E-state index in [1.807, 2.05) is 0 Å². The molecule has 0 aromatic heterocycles. The molecule has 0 heterocycles. The summed E-state index contributed by atoms with van der Waals surface area (Å²) in [7, 11) is 0. The smallest absolute Gasteiger partial charge is 0.0186 e. The minimum atomic E-state index is 0.784. The Hall–Kier alpha value is 0.310. The van der Waals surface area contributed by atoms with E-state index in [1.165, 1.54) is 56.6 Å². The van der Waals surface area contributed by atoms with Gasteiger partial charge in [-0.15, -0.1) is 0 Å². The SMILES string of the molecule is CCCNC(CSCC(C)CC)C1CCCC1. The average Bonchev–Trinajstić information content (AvgIpc) is 2.86. The van der Waals surface area contributed by atoms with Gasteiger partial charge in [0.05, 0.1) is 0 Å². The van der Waals surface area contributed by atoms with Crippen LogP contribution < -0.4 is 5.32 Å². The first-order valence-corrected chi connectivity index (χ1v) is 8.74. The summed E-state index contributed by atoms with van der Waals surface area (Å²) in [6, 6.07) is 0.784. The molecule has 102 valence electrons. The Morgan fingerprint density at radius 2 is 1.88 bits per heavy atom.